The van der Waals surface area contributed by atoms with Crippen LogP contribution in [0.1, 0.15) is 56.1 Å². The van der Waals surface area contributed by atoms with Crippen molar-refractivity contribution in [2.75, 3.05) is 6.54 Å². The monoisotopic (exact) mass is 285 g/mol. The summed E-state index contributed by atoms with van der Waals surface area (Å²) in [5.74, 6) is 0.194. The molecule has 1 aliphatic rings. The normalized spacial score (nSPS) is 24.4. The van der Waals surface area contributed by atoms with Crippen LogP contribution < -0.4 is 5.32 Å². The molecule has 4 heteroatoms. The second kappa shape index (κ2) is 6.61. The first-order valence-corrected chi connectivity index (χ1v) is 7.43. The molecule has 0 bridgehead atoms. The van der Waals surface area contributed by atoms with Crippen molar-refractivity contribution >= 4 is 0 Å². The van der Waals surface area contributed by atoms with Crippen molar-refractivity contribution < 1.29 is 13.2 Å². The number of halogens is 3. The van der Waals surface area contributed by atoms with E-state index < -0.39 is 11.7 Å². The number of hydrogen-bond acceptors (Lipinski definition) is 1. The number of hydrogen-bond donors (Lipinski definition) is 1. The maximum absolute atomic E-state index is 12.8. The number of rotatable bonds is 3. The average Bonchev–Trinajstić information content (AvgIpc) is 2.64. The third-order valence-corrected chi connectivity index (χ3v) is 4.12. The van der Waals surface area contributed by atoms with Crippen LogP contribution in [0, 0.1) is 0 Å². The topological polar surface area (TPSA) is 12.0 Å². The highest BCUT2D eigenvalue weighted by Gasteiger charge is 2.32. The Morgan fingerprint density at radius 1 is 1.15 bits per heavy atom. The van der Waals surface area contributed by atoms with Crippen LogP contribution in [0.3, 0.4) is 0 Å². The Morgan fingerprint density at radius 2 is 1.90 bits per heavy atom. The zero-order valence-corrected chi connectivity index (χ0v) is 11.8. The van der Waals surface area contributed by atoms with Crippen molar-refractivity contribution in [1.82, 2.24) is 5.32 Å². The van der Waals surface area contributed by atoms with Crippen LogP contribution in [0.15, 0.2) is 24.3 Å². The largest absolute Gasteiger partial charge is 0.416 e. The van der Waals surface area contributed by atoms with E-state index in [1.54, 1.807) is 0 Å². The van der Waals surface area contributed by atoms with Crippen molar-refractivity contribution in [1.29, 1.82) is 0 Å². The molecule has 1 nitrogen and oxygen atoms in total. The molecule has 1 N–H and O–H groups in total. The Bertz CT molecular complexity index is 428. The summed E-state index contributed by atoms with van der Waals surface area (Å²) < 4.78 is 38.5. The quantitative estimate of drug-likeness (QED) is 0.792. The lowest BCUT2D eigenvalue weighted by Gasteiger charge is -2.27. The van der Waals surface area contributed by atoms with Crippen molar-refractivity contribution in [3.63, 3.8) is 0 Å². The summed E-state index contributed by atoms with van der Waals surface area (Å²) in [6.45, 7) is 2.91. The highest BCUT2D eigenvalue weighted by molar-refractivity contribution is 5.29. The molecule has 1 saturated carbocycles. The molecule has 0 amide bonds. The van der Waals surface area contributed by atoms with Crippen molar-refractivity contribution in [3.8, 4) is 0 Å². The van der Waals surface area contributed by atoms with Crippen LogP contribution in [-0.4, -0.2) is 12.6 Å². The van der Waals surface area contributed by atoms with Gasteiger partial charge < -0.3 is 5.32 Å². The molecule has 1 aromatic rings. The number of alkyl halides is 3. The van der Waals surface area contributed by atoms with E-state index in [9.17, 15) is 13.2 Å². The minimum Gasteiger partial charge on any atom is -0.314 e. The second-order valence-electron chi connectivity index (χ2n) is 5.53. The van der Waals surface area contributed by atoms with E-state index in [1.807, 2.05) is 13.0 Å². The second-order valence-corrected chi connectivity index (χ2v) is 5.53. The average molecular weight is 285 g/mol. The summed E-state index contributed by atoms with van der Waals surface area (Å²) in [5.41, 5.74) is 0.294. The van der Waals surface area contributed by atoms with E-state index in [-0.39, 0.29) is 5.92 Å². The van der Waals surface area contributed by atoms with E-state index >= 15 is 0 Å². The van der Waals surface area contributed by atoms with Gasteiger partial charge in [-0.3, -0.25) is 0 Å². The highest BCUT2D eigenvalue weighted by atomic mass is 19.4. The standard InChI is InChI=1S/C16H22F3N/c1-2-20-15-10-5-3-4-9-14(15)12-7-6-8-13(11-12)16(17,18)19/h6-8,11,14-15,20H,2-5,9-10H2,1H3. The van der Waals surface area contributed by atoms with Crippen LogP contribution in [0.25, 0.3) is 0 Å². The molecule has 0 radical (unpaired) electrons. The summed E-state index contributed by atoms with van der Waals surface area (Å²) in [4.78, 5) is 0. The SMILES string of the molecule is CCNC1CCCCCC1c1cccc(C(F)(F)F)c1. The molecule has 0 aromatic heterocycles. The van der Waals surface area contributed by atoms with Gasteiger partial charge in [0.15, 0.2) is 0 Å². The van der Waals surface area contributed by atoms with E-state index in [4.69, 9.17) is 0 Å². The lowest BCUT2D eigenvalue weighted by Crippen LogP contribution is -2.34. The van der Waals surface area contributed by atoms with Crippen LogP contribution in [0.4, 0.5) is 13.2 Å². The summed E-state index contributed by atoms with van der Waals surface area (Å²) in [5, 5.41) is 3.45. The fourth-order valence-corrected chi connectivity index (χ4v) is 3.16. The van der Waals surface area contributed by atoms with Gasteiger partial charge in [0.2, 0.25) is 0 Å². The van der Waals surface area contributed by atoms with Gasteiger partial charge in [0.05, 0.1) is 5.56 Å². The third kappa shape index (κ3) is 3.75. The van der Waals surface area contributed by atoms with Gasteiger partial charge in [-0.25, -0.2) is 0 Å². The van der Waals surface area contributed by atoms with Gasteiger partial charge in [0.1, 0.15) is 0 Å². The van der Waals surface area contributed by atoms with Crippen molar-refractivity contribution in [2.45, 2.75) is 57.2 Å². The van der Waals surface area contributed by atoms with Gasteiger partial charge in [0, 0.05) is 6.04 Å². The minimum absolute atomic E-state index is 0.194. The Morgan fingerprint density at radius 3 is 2.60 bits per heavy atom. The number of benzene rings is 1. The maximum Gasteiger partial charge on any atom is 0.416 e. The molecule has 1 aliphatic carbocycles. The summed E-state index contributed by atoms with van der Waals surface area (Å²) >= 11 is 0. The zero-order chi connectivity index (χ0) is 14.6. The smallest absolute Gasteiger partial charge is 0.314 e. The Labute approximate surface area is 118 Å². The first-order valence-electron chi connectivity index (χ1n) is 7.43. The molecule has 0 aliphatic heterocycles. The molecule has 20 heavy (non-hydrogen) atoms. The molecule has 0 spiro atoms. The third-order valence-electron chi connectivity index (χ3n) is 4.12. The Balaban J connectivity index is 2.26. The van der Waals surface area contributed by atoms with Crippen molar-refractivity contribution in [2.24, 2.45) is 0 Å². The molecule has 112 valence electrons. The van der Waals surface area contributed by atoms with Gasteiger partial charge in [0.25, 0.3) is 0 Å². The molecule has 1 aromatic carbocycles. The van der Waals surface area contributed by atoms with Gasteiger partial charge in [-0.15, -0.1) is 0 Å². The molecule has 2 atom stereocenters. The first kappa shape index (κ1) is 15.4. The molecule has 2 rings (SSSR count). The highest BCUT2D eigenvalue weighted by Crippen LogP contribution is 2.35. The van der Waals surface area contributed by atoms with E-state index in [0.717, 1.165) is 43.9 Å². The summed E-state index contributed by atoms with van der Waals surface area (Å²) in [7, 11) is 0. The van der Waals surface area contributed by atoms with Crippen LogP contribution >= 0.6 is 0 Å². The van der Waals surface area contributed by atoms with Crippen molar-refractivity contribution in [3.05, 3.63) is 35.4 Å². The van der Waals surface area contributed by atoms with E-state index in [0.29, 0.717) is 6.04 Å². The molecule has 0 saturated heterocycles. The lowest BCUT2D eigenvalue weighted by atomic mass is 9.86. The minimum atomic E-state index is -4.26. The van der Waals surface area contributed by atoms with Crippen LogP contribution in [0.5, 0.6) is 0 Å². The molecule has 0 heterocycles. The predicted molar refractivity (Wildman–Crippen MR) is 74.7 cm³/mol. The van der Waals surface area contributed by atoms with Gasteiger partial charge in [-0.05, 0) is 36.9 Å². The van der Waals surface area contributed by atoms with Gasteiger partial charge >= 0.3 is 6.18 Å². The molecule has 2 unspecified atom stereocenters. The van der Waals surface area contributed by atoms with Gasteiger partial charge in [-0.1, -0.05) is 44.4 Å². The predicted octanol–water partition coefficient (Wildman–Crippen LogP) is 4.73. The molecular weight excluding hydrogens is 263 g/mol. The summed E-state index contributed by atoms with van der Waals surface area (Å²) in [6, 6.07) is 6.16. The lowest BCUT2D eigenvalue weighted by molar-refractivity contribution is -0.137. The molecular formula is C16H22F3N. The zero-order valence-electron chi connectivity index (χ0n) is 11.8. The first-order chi connectivity index (χ1) is 9.52. The Hall–Kier alpha value is -1.03. The summed E-state index contributed by atoms with van der Waals surface area (Å²) in [6.07, 6.45) is 1.20. The van der Waals surface area contributed by atoms with Crippen LogP contribution in [0.2, 0.25) is 0 Å². The van der Waals surface area contributed by atoms with Gasteiger partial charge in [-0.2, -0.15) is 13.2 Å². The number of likely N-dealkylation sites (N-methyl/N-ethyl adjacent to an activating group) is 1. The fourth-order valence-electron chi connectivity index (χ4n) is 3.16. The molecule has 1 fully saturated rings. The maximum atomic E-state index is 12.8. The van der Waals surface area contributed by atoms with Crippen LogP contribution in [-0.2, 0) is 6.18 Å². The fraction of sp³-hybridized carbons (Fsp3) is 0.625. The van der Waals surface area contributed by atoms with E-state index in [2.05, 4.69) is 5.32 Å². The van der Waals surface area contributed by atoms with E-state index in [1.165, 1.54) is 18.6 Å². The number of nitrogens with one attached hydrogen (secondary N) is 1. The Kier molecular flexibility index (Phi) is 5.08.